The number of carboxylic acid groups (broad SMARTS) is 1. The summed E-state index contributed by atoms with van der Waals surface area (Å²) in [4.78, 5) is 11.2. The maximum absolute atomic E-state index is 9.69. The Morgan fingerprint density at radius 3 is 2.57 bits per heavy atom. The van der Waals surface area contributed by atoms with E-state index in [0.29, 0.717) is 0 Å². The largest absolute Gasteiger partial charge is 0.481 e. The normalized spacial score (nSPS) is 9.86. The van der Waals surface area contributed by atoms with Gasteiger partial charge in [-0.2, -0.15) is 0 Å². The van der Waals surface area contributed by atoms with E-state index < -0.39 is 5.97 Å². The maximum atomic E-state index is 9.69. The maximum Gasteiger partial charge on any atom is 0.307 e. The first kappa shape index (κ1) is 6.69. The molecule has 0 aromatic heterocycles. The molecule has 0 aliphatic heterocycles. The fraction of sp³-hybridized carbons (Fsp3) is 0.250. The molecule has 0 rings (SSSR count). The van der Waals surface area contributed by atoms with Crippen LogP contribution in [-0.4, -0.2) is 11.1 Å². The minimum atomic E-state index is -0.810. The van der Waals surface area contributed by atoms with E-state index in [4.69, 9.17) is 5.11 Å². The van der Waals surface area contributed by atoms with Crippen molar-refractivity contribution in [1.29, 1.82) is 0 Å². The molecule has 0 saturated carbocycles. The van der Waals surface area contributed by atoms with Crippen LogP contribution in [0, 0.1) is 0 Å². The van der Waals surface area contributed by atoms with Crippen LogP contribution in [0.1, 0.15) is 6.42 Å². The van der Waals surface area contributed by atoms with Gasteiger partial charge in [-0.05, 0) is 4.99 Å². The summed E-state index contributed by atoms with van der Waals surface area (Å²) in [5.41, 5.74) is 0. The average molecular weight is 165 g/mol. The first-order valence-electron chi connectivity index (χ1n) is 1.74. The third-order valence-corrected chi connectivity index (χ3v) is 0.755. The molecule has 7 heavy (non-hydrogen) atoms. The number of aliphatic carboxylic acids is 1. The van der Waals surface area contributed by atoms with Gasteiger partial charge in [-0.25, -0.2) is 0 Å². The Morgan fingerprint density at radius 1 is 1.86 bits per heavy atom. The molecule has 0 aliphatic carbocycles. The van der Waals surface area contributed by atoms with Crippen LogP contribution in [0.15, 0.2) is 11.1 Å². The third kappa shape index (κ3) is 5.69. The molecule has 0 spiro atoms. The van der Waals surface area contributed by atoms with Crippen molar-refractivity contribution in [3.8, 4) is 0 Å². The van der Waals surface area contributed by atoms with Gasteiger partial charge >= 0.3 is 5.97 Å². The molecule has 0 saturated heterocycles. The van der Waals surface area contributed by atoms with Gasteiger partial charge in [0, 0.05) is 0 Å². The topological polar surface area (TPSA) is 37.3 Å². The van der Waals surface area contributed by atoms with Crippen LogP contribution in [0.5, 0.6) is 0 Å². The molecule has 0 aromatic rings. The van der Waals surface area contributed by atoms with Crippen molar-refractivity contribution in [2.24, 2.45) is 0 Å². The number of carboxylic acids is 1. The first-order chi connectivity index (χ1) is 3.27. The summed E-state index contributed by atoms with van der Waals surface area (Å²) in [6.45, 7) is 0. The summed E-state index contributed by atoms with van der Waals surface area (Å²) >= 11 is 2.93. The molecule has 0 aliphatic rings. The third-order valence-electron chi connectivity index (χ3n) is 0.382. The molecule has 0 heterocycles. The monoisotopic (exact) mass is 164 g/mol. The molecule has 40 valence electrons. The highest BCUT2D eigenvalue weighted by Gasteiger charge is 1.85. The molecule has 0 bridgehead atoms. The molecule has 0 atom stereocenters. The van der Waals surface area contributed by atoms with Crippen molar-refractivity contribution < 1.29 is 9.90 Å². The van der Waals surface area contributed by atoms with Crippen LogP contribution in [0.3, 0.4) is 0 Å². The Hall–Kier alpha value is -0.310. The van der Waals surface area contributed by atoms with E-state index in [2.05, 4.69) is 15.9 Å². The second-order valence-electron chi connectivity index (χ2n) is 0.960. The van der Waals surface area contributed by atoms with Crippen molar-refractivity contribution in [1.82, 2.24) is 0 Å². The van der Waals surface area contributed by atoms with Crippen molar-refractivity contribution in [2.75, 3.05) is 0 Å². The highest BCUT2D eigenvalue weighted by Crippen LogP contribution is 1.86. The van der Waals surface area contributed by atoms with Gasteiger partial charge in [0.2, 0.25) is 0 Å². The van der Waals surface area contributed by atoms with Crippen LogP contribution in [0.2, 0.25) is 0 Å². The Bertz CT molecular complexity index is 87.7. The van der Waals surface area contributed by atoms with Gasteiger partial charge in [0.15, 0.2) is 0 Å². The molecular weight excluding hydrogens is 160 g/mol. The Balaban J connectivity index is 3.14. The van der Waals surface area contributed by atoms with Crippen molar-refractivity contribution >= 4 is 21.9 Å². The molecular formula is C4H5BrO2. The summed E-state index contributed by atoms with van der Waals surface area (Å²) in [7, 11) is 0. The van der Waals surface area contributed by atoms with E-state index in [1.54, 1.807) is 0 Å². The Kier molecular flexibility index (Phi) is 3.69. The van der Waals surface area contributed by atoms with Gasteiger partial charge in [-0.15, -0.1) is 0 Å². The van der Waals surface area contributed by atoms with E-state index in [1.807, 2.05) is 0 Å². The van der Waals surface area contributed by atoms with Gasteiger partial charge in [0.05, 0.1) is 6.42 Å². The summed E-state index contributed by atoms with van der Waals surface area (Å²) in [6.07, 6.45) is 1.60. The minimum Gasteiger partial charge on any atom is -0.481 e. The van der Waals surface area contributed by atoms with E-state index in [9.17, 15) is 4.79 Å². The molecule has 0 fully saturated rings. The van der Waals surface area contributed by atoms with E-state index >= 15 is 0 Å². The zero-order valence-electron chi connectivity index (χ0n) is 3.60. The Morgan fingerprint density at radius 2 is 2.43 bits per heavy atom. The van der Waals surface area contributed by atoms with Crippen molar-refractivity contribution in [3.63, 3.8) is 0 Å². The second-order valence-corrected chi connectivity index (χ2v) is 1.49. The van der Waals surface area contributed by atoms with Crippen LogP contribution in [-0.2, 0) is 4.79 Å². The second kappa shape index (κ2) is 3.87. The summed E-state index contributed by atoms with van der Waals surface area (Å²) < 4.78 is 0. The molecule has 2 nitrogen and oxygen atoms in total. The highest BCUT2D eigenvalue weighted by molar-refractivity contribution is 9.11. The van der Waals surface area contributed by atoms with Gasteiger partial charge in [-0.1, -0.05) is 22.0 Å². The van der Waals surface area contributed by atoms with Crippen molar-refractivity contribution in [3.05, 3.63) is 11.1 Å². The number of carbonyl (C=O) groups is 1. The lowest BCUT2D eigenvalue weighted by molar-refractivity contribution is -0.135. The SMILES string of the molecule is O=C(O)C/C=C\Br. The van der Waals surface area contributed by atoms with Crippen molar-refractivity contribution in [2.45, 2.75) is 6.42 Å². The van der Waals surface area contributed by atoms with E-state index in [0.717, 1.165) is 0 Å². The van der Waals surface area contributed by atoms with E-state index in [-0.39, 0.29) is 6.42 Å². The number of halogens is 1. The number of rotatable bonds is 2. The highest BCUT2D eigenvalue weighted by atomic mass is 79.9. The van der Waals surface area contributed by atoms with Gasteiger partial charge in [0.1, 0.15) is 0 Å². The fourth-order valence-electron chi connectivity index (χ4n) is 0.145. The number of hydrogen-bond donors (Lipinski definition) is 1. The molecule has 0 amide bonds. The lowest BCUT2D eigenvalue weighted by Crippen LogP contribution is -1.88. The summed E-state index contributed by atoms with van der Waals surface area (Å²) in [6, 6.07) is 0. The van der Waals surface area contributed by atoms with Crippen LogP contribution < -0.4 is 0 Å². The number of hydrogen-bond acceptors (Lipinski definition) is 1. The van der Waals surface area contributed by atoms with E-state index in [1.165, 1.54) is 11.1 Å². The van der Waals surface area contributed by atoms with Gasteiger partial charge < -0.3 is 5.11 Å². The van der Waals surface area contributed by atoms with Gasteiger partial charge in [-0.3, -0.25) is 4.79 Å². The predicted molar refractivity (Wildman–Crippen MR) is 30.3 cm³/mol. The lowest BCUT2D eigenvalue weighted by atomic mass is 10.4. The van der Waals surface area contributed by atoms with Crippen LogP contribution >= 0.6 is 15.9 Å². The summed E-state index contributed by atoms with van der Waals surface area (Å²) in [5.74, 6) is -0.810. The fourth-order valence-corrected chi connectivity index (χ4v) is 0.332. The quantitative estimate of drug-likeness (QED) is 0.670. The molecule has 3 heteroatoms. The zero-order valence-corrected chi connectivity index (χ0v) is 5.18. The molecule has 1 N–H and O–H groups in total. The lowest BCUT2D eigenvalue weighted by Gasteiger charge is -1.76. The van der Waals surface area contributed by atoms with Crippen LogP contribution in [0.4, 0.5) is 0 Å². The predicted octanol–water partition coefficient (Wildman–Crippen LogP) is 1.37. The first-order valence-corrected chi connectivity index (χ1v) is 2.66. The standard InChI is InChI=1S/C4H5BrO2/c5-3-1-2-4(6)7/h1,3H,2H2,(H,6,7)/b3-1-. The average Bonchev–Trinajstić information content (AvgIpc) is 1.61. The summed E-state index contributed by atoms with van der Waals surface area (Å²) in [5, 5.41) is 7.97. The minimum absolute atomic E-state index is 0.0885. The van der Waals surface area contributed by atoms with Gasteiger partial charge in [0.25, 0.3) is 0 Å². The van der Waals surface area contributed by atoms with Crippen LogP contribution in [0.25, 0.3) is 0 Å². The zero-order chi connectivity index (χ0) is 5.70. The molecule has 0 unspecified atom stereocenters. The molecule has 0 radical (unpaired) electrons. The molecule has 0 aromatic carbocycles. The smallest absolute Gasteiger partial charge is 0.307 e. The Labute approximate surface area is 50.0 Å².